The number of nitrogens with zero attached hydrogens (tertiary/aromatic N) is 1. The summed E-state index contributed by atoms with van der Waals surface area (Å²) < 4.78 is 5.22. The van der Waals surface area contributed by atoms with Crippen molar-refractivity contribution < 1.29 is 14.3 Å². The van der Waals surface area contributed by atoms with Crippen molar-refractivity contribution in [2.45, 2.75) is 13.5 Å². The van der Waals surface area contributed by atoms with Crippen LogP contribution in [0.15, 0.2) is 60.7 Å². The Kier molecular flexibility index (Phi) is 5.61. The normalized spacial score (nSPS) is 20.4. The summed E-state index contributed by atoms with van der Waals surface area (Å²) in [5, 5.41) is 0. The fourth-order valence-electron chi connectivity index (χ4n) is 3.43. The average Bonchev–Trinajstić information content (AvgIpc) is 3.07. The maximum atomic E-state index is 12.9. The number of carbonyl (C=O) groups excluding carboxylic acids is 2. The van der Waals surface area contributed by atoms with Crippen LogP contribution in [0.2, 0.25) is 0 Å². The zero-order valence-corrected chi connectivity index (χ0v) is 14.4. The van der Waals surface area contributed by atoms with Gasteiger partial charge in [0.05, 0.1) is 12.5 Å². The quantitative estimate of drug-likeness (QED) is 0.600. The minimum Gasteiger partial charge on any atom is -0.466 e. The number of ketones is 1. The first-order chi connectivity index (χ1) is 12.2. The summed E-state index contributed by atoms with van der Waals surface area (Å²) in [6.45, 7) is 3.99. The number of rotatable bonds is 6. The Labute approximate surface area is 148 Å². The zero-order chi connectivity index (χ0) is 17.6. The fraction of sp³-hybridized carbons (Fsp3) is 0.333. The molecule has 0 radical (unpaired) electrons. The van der Waals surface area contributed by atoms with E-state index >= 15 is 0 Å². The first kappa shape index (κ1) is 17.4. The van der Waals surface area contributed by atoms with E-state index in [0.717, 1.165) is 6.54 Å². The van der Waals surface area contributed by atoms with Gasteiger partial charge in [0.15, 0.2) is 5.78 Å². The minimum absolute atomic E-state index is 0.0224. The van der Waals surface area contributed by atoms with Gasteiger partial charge >= 0.3 is 5.97 Å². The predicted molar refractivity (Wildman–Crippen MR) is 96.1 cm³/mol. The number of carbonyl (C=O) groups is 2. The molecule has 0 N–H and O–H groups in total. The number of benzene rings is 2. The van der Waals surface area contributed by atoms with E-state index < -0.39 is 5.92 Å². The number of Topliss-reactive ketones (excluding diaryl/α,β-unsaturated/α-hetero) is 1. The highest BCUT2D eigenvalue weighted by atomic mass is 16.5. The van der Waals surface area contributed by atoms with E-state index in [4.69, 9.17) is 4.74 Å². The Balaban J connectivity index is 1.78. The summed E-state index contributed by atoms with van der Waals surface area (Å²) in [6.07, 6.45) is 0. The molecule has 4 nitrogen and oxygen atoms in total. The van der Waals surface area contributed by atoms with E-state index in [1.807, 2.05) is 48.5 Å². The molecule has 1 aliphatic rings. The van der Waals surface area contributed by atoms with Gasteiger partial charge in [0.25, 0.3) is 0 Å². The summed E-state index contributed by atoms with van der Waals surface area (Å²) in [5.41, 5.74) is 1.83. The van der Waals surface area contributed by atoms with Crippen molar-refractivity contribution in [3.63, 3.8) is 0 Å². The molecule has 1 saturated heterocycles. The maximum absolute atomic E-state index is 12.9. The van der Waals surface area contributed by atoms with Gasteiger partial charge in [0, 0.05) is 31.1 Å². The number of likely N-dealkylation sites (tertiary alicyclic amines) is 1. The van der Waals surface area contributed by atoms with Crippen LogP contribution in [-0.4, -0.2) is 36.3 Å². The van der Waals surface area contributed by atoms with Crippen LogP contribution in [0.3, 0.4) is 0 Å². The van der Waals surface area contributed by atoms with Gasteiger partial charge in [-0.05, 0) is 12.5 Å². The Morgan fingerprint density at radius 3 is 2.20 bits per heavy atom. The van der Waals surface area contributed by atoms with Crippen LogP contribution in [0.4, 0.5) is 0 Å². The second kappa shape index (κ2) is 8.08. The molecule has 0 aliphatic carbocycles. The molecule has 1 heterocycles. The molecular formula is C21H23NO3. The molecule has 0 amide bonds. The topological polar surface area (TPSA) is 46.6 Å². The molecule has 2 atom stereocenters. The fourth-order valence-corrected chi connectivity index (χ4v) is 3.43. The smallest absolute Gasteiger partial charge is 0.311 e. The predicted octanol–water partition coefficient (Wildman–Crippen LogP) is 3.18. The van der Waals surface area contributed by atoms with Crippen LogP contribution in [0, 0.1) is 11.8 Å². The van der Waals surface area contributed by atoms with Crippen molar-refractivity contribution in [2.75, 3.05) is 19.7 Å². The molecule has 3 rings (SSSR count). The van der Waals surface area contributed by atoms with Crippen LogP contribution < -0.4 is 0 Å². The second-order valence-corrected chi connectivity index (χ2v) is 6.37. The number of hydrogen-bond acceptors (Lipinski definition) is 4. The third kappa shape index (κ3) is 4.15. The van der Waals surface area contributed by atoms with E-state index in [1.54, 1.807) is 6.92 Å². The Morgan fingerprint density at radius 1 is 0.960 bits per heavy atom. The van der Waals surface area contributed by atoms with Gasteiger partial charge in [-0.3, -0.25) is 14.5 Å². The van der Waals surface area contributed by atoms with Crippen molar-refractivity contribution in [1.29, 1.82) is 0 Å². The number of esters is 1. The standard InChI is InChI=1S/C21H23NO3/c1-2-25-21(24)19-15-22(13-16-9-5-3-6-10-16)14-18(19)20(23)17-11-7-4-8-12-17/h3-12,18-19H,2,13-15H2,1H3/t18-,19-/m1/s1. The summed E-state index contributed by atoms with van der Waals surface area (Å²) in [4.78, 5) is 27.5. The molecule has 0 spiro atoms. The Hall–Kier alpha value is -2.46. The van der Waals surface area contributed by atoms with Crippen molar-refractivity contribution in [3.05, 3.63) is 71.8 Å². The van der Waals surface area contributed by atoms with Gasteiger partial charge in [0.1, 0.15) is 0 Å². The molecule has 0 saturated carbocycles. The van der Waals surface area contributed by atoms with Crippen LogP contribution in [0.1, 0.15) is 22.8 Å². The van der Waals surface area contributed by atoms with Gasteiger partial charge in [-0.15, -0.1) is 0 Å². The summed E-state index contributed by atoms with van der Waals surface area (Å²) in [7, 11) is 0. The van der Waals surface area contributed by atoms with E-state index in [9.17, 15) is 9.59 Å². The second-order valence-electron chi connectivity index (χ2n) is 6.37. The Bertz CT molecular complexity index is 714. The molecular weight excluding hydrogens is 314 g/mol. The van der Waals surface area contributed by atoms with Gasteiger partial charge in [0.2, 0.25) is 0 Å². The highest BCUT2D eigenvalue weighted by Crippen LogP contribution is 2.29. The minimum atomic E-state index is -0.406. The number of ether oxygens (including phenoxy) is 1. The molecule has 2 aromatic rings. The highest BCUT2D eigenvalue weighted by Gasteiger charge is 2.42. The van der Waals surface area contributed by atoms with E-state index in [2.05, 4.69) is 17.0 Å². The van der Waals surface area contributed by atoms with E-state index in [1.165, 1.54) is 5.56 Å². The highest BCUT2D eigenvalue weighted by molar-refractivity contribution is 6.00. The van der Waals surface area contributed by atoms with Gasteiger partial charge < -0.3 is 4.74 Å². The molecule has 1 aliphatic heterocycles. The molecule has 0 bridgehead atoms. The SMILES string of the molecule is CCOC(=O)[C@@H]1CN(Cc2ccccc2)C[C@H]1C(=O)c1ccccc1. The van der Waals surface area contributed by atoms with Crippen LogP contribution in [-0.2, 0) is 16.1 Å². The van der Waals surface area contributed by atoms with Crippen molar-refractivity contribution in [3.8, 4) is 0 Å². The summed E-state index contributed by atoms with van der Waals surface area (Å²) >= 11 is 0. The van der Waals surface area contributed by atoms with Gasteiger partial charge in [-0.1, -0.05) is 60.7 Å². The molecule has 25 heavy (non-hydrogen) atoms. The largest absolute Gasteiger partial charge is 0.466 e. The first-order valence-corrected chi connectivity index (χ1v) is 8.71. The van der Waals surface area contributed by atoms with Crippen LogP contribution in [0.25, 0.3) is 0 Å². The molecule has 130 valence electrons. The lowest BCUT2D eigenvalue weighted by atomic mass is 9.88. The zero-order valence-electron chi connectivity index (χ0n) is 14.4. The van der Waals surface area contributed by atoms with E-state index in [0.29, 0.717) is 25.3 Å². The summed E-state index contributed by atoms with van der Waals surface area (Å²) in [5.74, 6) is -1.01. The maximum Gasteiger partial charge on any atom is 0.311 e. The number of hydrogen-bond donors (Lipinski definition) is 0. The molecule has 0 unspecified atom stereocenters. The monoisotopic (exact) mass is 337 g/mol. The van der Waals surface area contributed by atoms with Gasteiger partial charge in [-0.2, -0.15) is 0 Å². The first-order valence-electron chi connectivity index (χ1n) is 8.71. The third-order valence-electron chi connectivity index (χ3n) is 4.63. The van der Waals surface area contributed by atoms with Gasteiger partial charge in [-0.25, -0.2) is 0 Å². The summed E-state index contributed by atoms with van der Waals surface area (Å²) in [6, 6.07) is 19.3. The average molecular weight is 337 g/mol. The third-order valence-corrected chi connectivity index (χ3v) is 4.63. The molecule has 0 aromatic heterocycles. The molecule has 4 heteroatoms. The Morgan fingerprint density at radius 2 is 1.56 bits per heavy atom. The van der Waals surface area contributed by atoms with Crippen molar-refractivity contribution >= 4 is 11.8 Å². The van der Waals surface area contributed by atoms with Crippen molar-refractivity contribution in [1.82, 2.24) is 4.90 Å². The lowest BCUT2D eigenvalue weighted by Gasteiger charge is -2.15. The lowest BCUT2D eigenvalue weighted by Crippen LogP contribution is -2.30. The molecule has 1 fully saturated rings. The van der Waals surface area contributed by atoms with Crippen LogP contribution in [0.5, 0.6) is 0 Å². The van der Waals surface area contributed by atoms with E-state index in [-0.39, 0.29) is 17.7 Å². The molecule has 2 aromatic carbocycles. The lowest BCUT2D eigenvalue weighted by molar-refractivity contribution is -0.148. The van der Waals surface area contributed by atoms with Crippen molar-refractivity contribution in [2.24, 2.45) is 11.8 Å². The van der Waals surface area contributed by atoms with Crippen LogP contribution >= 0.6 is 0 Å².